The summed E-state index contributed by atoms with van der Waals surface area (Å²) >= 11 is 0. The van der Waals surface area contributed by atoms with Crippen molar-refractivity contribution in [2.75, 3.05) is 11.1 Å². The Bertz CT molecular complexity index is 775. The Labute approximate surface area is 140 Å². The number of benzene rings is 1. The van der Waals surface area contributed by atoms with Gasteiger partial charge in [0.15, 0.2) is 0 Å². The third-order valence-corrected chi connectivity index (χ3v) is 4.13. The minimum Gasteiger partial charge on any atom is -0.393 e. The summed E-state index contributed by atoms with van der Waals surface area (Å²) in [6, 6.07) is 3.85. The van der Waals surface area contributed by atoms with E-state index in [-0.39, 0.29) is 30.1 Å². The third-order valence-electron chi connectivity index (χ3n) is 4.13. The molecule has 1 aromatic carbocycles. The molecule has 1 saturated carbocycles. The number of aliphatic hydroxyl groups is 1. The summed E-state index contributed by atoms with van der Waals surface area (Å²) in [4.78, 5) is 8.06. The maximum atomic E-state index is 13.8. The monoisotopic (exact) mass is 356 g/mol. The first-order valence-corrected chi connectivity index (χ1v) is 7.64. The lowest BCUT2D eigenvalue weighted by Gasteiger charge is -2.30. The lowest BCUT2D eigenvalue weighted by atomic mass is 9.80. The molecule has 9 heteroatoms. The van der Waals surface area contributed by atoms with Crippen molar-refractivity contribution in [3.8, 4) is 0 Å². The van der Waals surface area contributed by atoms with Crippen LogP contribution in [0.5, 0.6) is 0 Å². The lowest BCUT2D eigenvalue weighted by molar-refractivity contribution is -0.137. The molecule has 25 heavy (non-hydrogen) atoms. The number of halogens is 4. The van der Waals surface area contributed by atoms with Crippen LogP contribution in [0.3, 0.4) is 0 Å². The molecule has 1 aromatic heterocycles. The van der Waals surface area contributed by atoms with Crippen molar-refractivity contribution in [3.63, 3.8) is 0 Å². The van der Waals surface area contributed by atoms with Crippen LogP contribution < -0.4 is 11.1 Å². The zero-order chi connectivity index (χ0) is 18.2. The Balaban J connectivity index is 1.75. The molecule has 0 bridgehead atoms. The van der Waals surface area contributed by atoms with Gasteiger partial charge in [0.05, 0.1) is 17.4 Å². The van der Waals surface area contributed by atoms with Gasteiger partial charge in [0.1, 0.15) is 11.6 Å². The summed E-state index contributed by atoms with van der Waals surface area (Å²) in [5.74, 6) is -0.386. The summed E-state index contributed by atoms with van der Waals surface area (Å²) in [6.45, 7) is -0.182. The molecular weight excluding hydrogens is 340 g/mol. The van der Waals surface area contributed by atoms with E-state index < -0.39 is 17.6 Å². The summed E-state index contributed by atoms with van der Waals surface area (Å²) in [5.41, 5.74) is 5.24. The molecule has 2 aromatic rings. The van der Waals surface area contributed by atoms with E-state index in [0.717, 1.165) is 12.1 Å². The predicted molar refractivity (Wildman–Crippen MR) is 83.2 cm³/mol. The number of aromatic nitrogens is 2. The van der Waals surface area contributed by atoms with Crippen LogP contribution >= 0.6 is 0 Å². The molecule has 0 aliphatic heterocycles. The number of nitrogens with one attached hydrogen (secondary N) is 1. The number of hydrogen-bond donors (Lipinski definition) is 3. The van der Waals surface area contributed by atoms with Gasteiger partial charge in [0, 0.05) is 24.1 Å². The maximum Gasteiger partial charge on any atom is 0.416 e. The van der Waals surface area contributed by atoms with Crippen LogP contribution in [0.1, 0.15) is 35.6 Å². The highest BCUT2D eigenvalue weighted by atomic mass is 19.4. The van der Waals surface area contributed by atoms with Crippen LogP contribution in [0.25, 0.3) is 0 Å². The number of nitrogens with two attached hydrogens (primary N) is 1. The topological polar surface area (TPSA) is 84.1 Å². The van der Waals surface area contributed by atoms with Gasteiger partial charge in [-0.1, -0.05) is 0 Å². The maximum absolute atomic E-state index is 13.8. The highest BCUT2D eigenvalue weighted by Gasteiger charge is 2.31. The van der Waals surface area contributed by atoms with E-state index in [1.54, 1.807) is 6.07 Å². The van der Waals surface area contributed by atoms with Crippen LogP contribution in [-0.2, 0) is 12.7 Å². The molecule has 0 unspecified atom stereocenters. The molecule has 0 radical (unpaired) electrons. The minimum atomic E-state index is -4.54. The number of rotatable bonds is 4. The van der Waals surface area contributed by atoms with Gasteiger partial charge in [0.25, 0.3) is 0 Å². The average Bonchev–Trinajstić information content (AvgIpc) is 2.49. The molecule has 0 saturated heterocycles. The number of nitrogens with zero attached hydrogens (tertiary/aromatic N) is 2. The molecule has 0 atom stereocenters. The molecule has 0 spiro atoms. The summed E-state index contributed by atoms with van der Waals surface area (Å²) in [6.07, 6.45) is -3.77. The van der Waals surface area contributed by atoms with E-state index in [4.69, 9.17) is 5.73 Å². The second kappa shape index (κ2) is 6.47. The van der Waals surface area contributed by atoms with Crippen LogP contribution in [0.4, 0.5) is 29.3 Å². The average molecular weight is 356 g/mol. The van der Waals surface area contributed by atoms with Crippen LogP contribution in [0.2, 0.25) is 0 Å². The zero-order valence-corrected chi connectivity index (χ0v) is 13.0. The van der Waals surface area contributed by atoms with E-state index in [9.17, 15) is 22.7 Å². The zero-order valence-electron chi connectivity index (χ0n) is 13.0. The van der Waals surface area contributed by atoms with E-state index in [0.29, 0.717) is 30.4 Å². The van der Waals surface area contributed by atoms with Gasteiger partial charge in [-0.2, -0.15) is 18.2 Å². The standard InChI is InChI=1S/C16H16F4N4O/c17-12-2-1-10(16(18,19)20)3-9(12)7-22-14-6-13(23-15(21)24-14)8-4-11(25)5-8/h1-3,6,8,11,25H,4-5,7H2,(H3,21,22,23,24). The molecule has 1 aliphatic carbocycles. The van der Waals surface area contributed by atoms with Crippen molar-refractivity contribution >= 4 is 11.8 Å². The van der Waals surface area contributed by atoms with Crippen molar-refractivity contribution in [1.29, 1.82) is 0 Å². The quantitative estimate of drug-likeness (QED) is 0.734. The normalized spacial score (nSPS) is 20.2. The highest BCUT2D eigenvalue weighted by molar-refractivity contribution is 5.43. The molecule has 1 fully saturated rings. The van der Waals surface area contributed by atoms with Gasteiger partial charge in [-0.25, -0.2) is 9.37 Å². The Hall–Kier alpha value is -2.42. The molecule has 3 rings (SSSR count). The van der Waals surface area contributed by atoms with E-state index in [2.05, 4.69) is 15.3 Å². The number of anilines is 2. The fourth-order valence-electron chi connectivity index (χ4n) is 2.69. The first-order chi connectivity index (χ1) is 11.7. The molecule has 5 nitrogen and oxygen atoms in total. The predicted octanol–water partition coefficient (Wildman–Crippen LogP) is 3.07. The second-order valence-electron chi connectivity index (χ2n) is 6.02. The number of aliphatic hydroxyl groups excluding tert-OH is 1. The van der Waals surface area contributed by atoms with E-state index in [1.165, 1.54) is 0 Å². The van der Waals surface area contributed by atoms with Crippen molar-refractivity contribution in [1.82, 2.24) is 9.97 Å². The van der Waals surface area contributed by atoms with Crippen LogP contribution in [0.15, 0.2) is 24.3 Å². The Morgan fingerprint density at radius 2 is 1.92 bits per heavy atom. The lowest BCUT2D eigenvalue weighted by Crippen LogP contribution is -2.27. The smallest absolute Gasteiger partial charge is 0.393 e. The van der Waals surface area contributed by atoms with Crippen molar-refractivity contribution in [2.24, 2.45) is 0 Å². The first-order valence-electron chi connectivity index (χ1n) is 7.64. The fourth-order valence-corrected chi connectivity index (χ4v) is 2.69. The van der Waals surface area contributed by atoms with Gasteiger partial charge >= 0.3 is 6.18 Å². The molecule has 1 heterocycles. The van der Waals surface area contributed by atoms with Gasteiger partial charge in [-0.05, 0) is 31.0 Å². The van der Waals surface area contributed by atoms with Crippen LogP contribution in [-0.4, -0.2) is 21.2 Å². The first kappa shape index (κ1) is 17.4. The SMILES string of the molecule is Nc1nc(NCc2cc(C(F)(F)F)ccc2F)cc(C2CC(O)C2)n1. The van der Waals surface area contributed by atoms with Gasteiger partial charge in [0.2, 0.25) is 5.95 Å². The molecule has 1 aliphatic rings. The number of alkyl halides is 3. The second-order valence-corrected chi connectivity index (χ2v) is 6.02. The minimum absolute atomic E-state index is 0.00547. The molecular formula is C16H16F4N4O. The Morgan fingerprint density at radius 1 is 1.20 bits per heavy atom. The van der Waals surface area contributed by atoms with Gasteiger partial charge < -0.3 is 16.2 Å². The number of nitrogen functional groups attached to an aromatic ring is 1. The van der Waals surface area contributed by atoms with Crippen molar-refractivity contribution < 1.29 is 22.7 Å². The summed E-state index contributed by atoms with van der Waals surface area (Å²) < 4.78 is 52.0. The van der Waals surface area contributed by atoms with E-state index >= 15 is 0 Å². The summed E-state index contributed by atoms with van der Waals surface area (Å²) in [7, 11) is 0. The Morgan fingerprint density at radius 3 is 2.56 bits per heavy atom. The molecule has 0 amide bonds. The highest BCUT2D eigenvalue weighted by Crippen LogP contribution is 2.36. The molecule has 4 N–H and O–H groups in total. The van der Waals surface area contributed by atoms with Gasteiger partial charge in [-0.15, -0.1) is 0 Å². The third kappa shape index (κ3) is 3.98. The number of hydrogen-bond acceptors (Lipinski definition) is 5. The van der Waals surface area contributed by atoms with Crippen molar-refractivity contribution in [2.45, 2.75) is 37.6 Å². The molecule has 134 valence electrons. The largest absolute Gasteiger partial charge is 0.416 e. The Kier molecular flexibility index (Phi) is 4.51. The van der Waals surface area contributed by atoms with E-state index in [1.807, 2.05) is 0 Å². The van der Waals surface area contributed by atoms with Gasteiger partial charge in [-0.3, -0.25) is 0 Å². The van der Waals surface area contributed by atoms with Crippen LogP contribution in [0, 0.1) is 5.82 Å². The van der Waals surface area contributed by atoms with Crippen molar-refractivity contribution in [3.05, 3.63) is 46.9 Å². The summed E-state index contributed by atoms with van der Waals surface area (Å²) in [5, 5.41) is 12.1. The fraction of sp³-hybridized carbons (Fsp3) is 0.375.